The summed E-state index contributed by atoms with van der Waals surface area (Å²) in [6, 6.07) is 0.903. The second-order valence-corrected chi connectivity index (χ2v) is 8.40. The number of halogens is 3. The van der Waals surface area contributed by atoms with Gasteiger partial charge in [-0.3, -0.25) is 9.59 Å². The highest BCUT2D eigenvalue weighted by molar-refractivity contribution is 5.96. The minimum atomic E-state index is -1.35. The van der Waals surface area contributed by atoms with Crippen LogP contribution in [0.25, 0.3) is 0 Å². The van der Waals surface area contributed by atoms with E-state index in [9.17, 15) is 22.8 Å². The van der Waals surface area contributed by atoms with E-state index in [0.717, 1.165) is 0 Å². The Morgan fingerprint density at radius 3 is 2.39 bits per heavy atom. The molecule has 1 saturated heterocycles. The summed E-state index contributed by atoms with van der Waals surface area (Å²) >= 11 is 0. The van der Waals surface area contributed by atoms with Crippen LogP contribution in [0.15, 0.2) is 12.1 Å². The molecule has 2 atom stereocenters. The Morgan fingerprint density at radius 1 is 1.14 bits per heavy atom. The number of ketones is 1. The number of Topliss-reactive ketones (excluding diaryl/α,β-unsaturated/α-hetero) is 1. The van der Waals surface area contributed by atoms with Gasteiger partial charge in [0, 0.05) is 24.4 Å². The van der Waals surface area contributed by atoms with Crippen LogP contribution in [0.2, 0.25) is 0 Å². The van der Waals surface area contributed by atoms with Gasteiger partial charge < -0.3 is 14.8 Å². The van der Waals surface area contributed by atoms with Crippen molar-refractivity contribution in [2.45, 2.75) is 52.9 Å². The molecule has 28 heavy (non-hydrogen) atoms. The van der Waals surface area contributed by atoms with Crippen LogP contribution >= 0.6 is 0 Å². The lowest BCUT2D eigenvalue weighted by Gasteiger charge is -2.44. The number of rotatable bonds is 6. The normalized spacial score (nSPS) is 21.8. The highest BCUT2D eigenvalue weighted by Crippen LogP contribution is 2.34. The van der Waals surface area contributed by atoms with Crippen molar-refractivity contribution < 1.29 is 32.2 Å². The fourth-order valence-corrected chi connectivity index (χ4v) is 2.92. The third-order valence-electron chi connectivity index (χ3n) is 4.61. The van der Waals surface area contributed by atoms with Crippen LogP contribution in [0.4, 0.5) is 13.2 Å². The lowest BCUT2D eigenvalue weighted by Crippen LogP contribution is -2.56. The van der Waals surface area contributed by atoms with E-state index in [1.165, 1.54) is 0 Å². The summed E-state index contributed by atoms with van der Waals surface area (Å²) in [6.45, 7) is 9.33. The zero-order valence-corrected chi connectivity index (χ0v) is 16.7. The zero-order chi connectivity index (χ0) is 21.3. The monoisotopic (exact) mass is 401 g/mol. The topological polar surface area (TPSA) is 64.6 Å². The van der Waals surface area contributed by atoms with E-state index in [4.69, 9.17) is 9.47 Å². The number of hydrogen-bond donors (Lipinski definition) is 1. The summed E-state index contributed by atoms with van der Waals surface area (Å²) in [6.07, 6.45) is -0.867. The summed E-state index contributed by atoms with van der Waals surface area (Å²) in [5.74, 6) is -5.98. The van der Waals surface area contributed by atoms with Crippen molar-refractivity contribution in [2.24, 2.45) is 11.3 Å². The second-order valence-electron chi connectivity index (χ2n) is 8.40. The summed E-state index contributed by atoms with van der Waals surface area (Å²) in [4.78, 5) is 24.8. The van der Waals surface area contributed by atoms with E-state index in [1.807, 2.05) is 13.8 Å². The first-order valence-electron chi connectivity index (χ1n) is 9.09. The number of amides is 1. The predicted octanol–water partition coefficient (Wildman–Crippen LogP) is 3.61. The van der Waals surface area contributed by atoms with Crippen molar-refractivity contribution in [3.05, 3.63) is 35.1 Å². The van der Waals surface area contributed by atoms with E-state index in [-0.39, 0.29) is 24.8 Å². The van der Waals surface area contributed by atoms with Gasteiger partial charge in [0.25, 0.3) is 0 Å². The molecule has 1 aromatic rings. The van der Waals surface area contributed by atoms with Gasteiger partial charge in [-0.2, -0.15) is 0 Å². The molecule has 0 unspecified atom stereocenters. The Bertz CT molecular complexity index is 764. The highest BCUT2D eigenvalue weighted by Gasteiger charge is 2.45. The molecule has 0 spiro atoms. The van der Waals surface area contributed by atoms with Crippen LogP contribution in [-0.4, -0.2) is 36.7 Å². The predicted molar refractivity (Wildman–Crippen MR) is 96.1 cm³/mol. The first kappa shape index (κ1) is 22.4. The Labute approximate surface area is 162 Å². The average molecular weight is 401 g/mol. The molecule has 0 aliphatic carbocycles. The molecule has 0 saturated carbocycles. The maximum absolute atomic E-state index is 13.7. The molecule has 1 aliphatic rings. The quantitative estimate of drug-likeness (QED) is 0.584. The SMILES string of the molecule is C[C@H](CNC(=O)[C@@H]1OC(C)(C)OCC1(C)C)CC(=O)c1cc(F)c(F)cc1F. The van der Waals surface area contributed by atoms with Gasteiger partial charge in [-0.15, -0.1) is 0 Å². The first-order chi connectivity index (χ1) is 12.8. The molecular weight excluding hydrogens is 375 g/mol. The number of benzene rings is 1. The third-order valence-corrected chi connectivity index (χ3v) is 4.61. The number of ether oxygens (including phenoxy) is 2. The maximum atomic E-state index is 13.7. The fourth-order valence-electron chi connectivity index (χ4n) is 2.92. The molecule has 0 bridgehead atoms. The number of carbonyl (C=O) groups is 2. The van der Waals surface area contributed by atoms with Crippen LogP contribution < -0.4 is 5.32 Å². The Kier molecular flexibility index (Phi) is 6.55. The minimum Gasteiger partial charge on any atom is -0.354 e. The van der Waals surface area contributed by atoms with Gasteiger partial charge in [-0.1, -0.05) is 20.8 Å². The standard InChI is InChI=1S/C20H26F3NO4/c1-11(6-16(25)12-7-14(22)15(23)8-13(12)21)9-24-18(26)17-19(2,3)10-27-20(4,5)28-17/h7-8,11,17H,6,9-10H2,1-5H3,(H,24,26)/t11-,17-/m0/s1. The van der Waals surface area contributed by atoms with Crippen molar-refractivity contribution in [1.29, 1.82) is 0 Å². The van der Waals surface area contributed by atoms with Gasteiger partial charge in [0.05, 0.1) is 12.2 Å². The lowest BCUT2D eigenvalue weighted by molar-refractivity contribution is -0.304. The lowest BCUT2D eigenvalue weighted by atomic mass is 9.85. The van der Waals surface area contributed by atoms with Crippen molar-refractivity contribution in [1.82, 2.24) is 5.32 Å². The van der Waals surface area contributed by atoms with Crippen LogP contribution in [0.3, 0.4) is 0 Å². The van der Waals surface area contributed by atoms with E-state index in [1.54, 1.807) is 20.8 Å². The second kappa shape index (κ2) is 8.21. The van der Waals surface area contributed by atoms with Crippen molar-refractivity contribution in [3.8, 4) is 0 Å². The molecule has 1 heterocycles. The van der Waals surface area contributed by atoms with Gasteiger partial charge >= 0.3 is 0 Å². The summed E-state index contributed by atoms with van der Waals surface area (Å²) < 4.78 is 51.3. The number of nitrogens with one attached hydrogen (secondary N) is 1. The van der Waals surface area contributed by atoms with E-state index in [0.29, 0.717) is 18.7 Å². The number of hydrogen-bond acceptors (Lipinski definition) is 4. The fraction of sp³-hybridized carbons (Fsp3) is 0.600. The van der Waals surface area contributed by atoms with Crippen molar-refractivity contribution in [2.75, 3.05) is 13.2 Å². The van der Waals surface area contributed by atoms with Crippen LogP contribution in [0, 0.1) is 28.8 Å². The average Bonchev–Trinajstić information content (AvgIpc) is 2.58. The van der Waals surface area contributed by atoms with Crippen LogP contribution in [-0.2, 0) is 14.3 Å². The van der Waals surface area contributed by atoms with E-state index < -0.39 is 46.1 Å². The Hall–Kier alpha value is -1.93. The third kappa shape index (κ3) is 5.32. The molecule has 0 radical (unpaired) electrons. The van der Waals surface area contributed by atoms with Crippen molar-refractivity contribution in [3.63, 3.8) is 0 Å². The molecule has 0 aromatic heterocycles. The van der Waals surface area contributed by atoms with Crippen LogP contribution in [0.5, 0.6) is 0 Å². The highest BCUT2D eigenvalue weighted by atomic mass is 19.2. The van der Waals surface area contributed by atoms with E-state index >= 15 is 0 Å². The molecule has 156 valence electrons. The largest absolute Gasteiger partial charge is 0.354 e. The van der Waals surface area contributed by atoms with E-state index in [2.05, 4.69) is 5.32 Å². The number of carbonyl (C=O) groups excluding carboxylic acids is 2. The molecule has 8 heteroatoms. The molecule has 1 aliphatic heterocycles. The molecular formula is C20H26F3NO4. The Morgan fingerprint density at radius 2 is 1.75 bits per heavy atom. The van der Waals surface area contributed by atoms with Crippen molar-refractivity contribution >= 4 is 11.7 Å². The van der Waals surface area contributed by atoms with Gasteiger partial charge in [0.1, 0.15) is 11.9 Å². The van der Waals surface area contributed by atoms with Gasteiger partial charge in [-0.05, 0) is 25.8 Å². The summed E-state index contributed by atoms with van der Waals surface area (Å²) in [5.41, 5.74) is -1.04. The molecule has 5 nitrogen and oxygen atoms in total. The zero-order valence-electron chi connectivity index (χ0n) is 16.7. The molecule has 2 rings (SSSR count). The molecule has 1 aromatic carbocycles. The first-order valence-corrected chi connectivity index (χ1v) is 9.09. The van der Waals surface area contributed by atoms with Crippen LogP contribution in [0.1, 0.15) is 51.4 Å². The molecule has 1 N–H and O–H groups in total. The van der Waals surface area contributed by atoms with Gasteiger partial charge in [-0.25, -0.2) is 13.2 Å². The molecule has 1 fully saturated rings. The molecule has 1 amide bonds. The maximum Gasteiger partial charge on any atom is 0.249 e. The summed E-state index contributed by atoms with van der Waals surface area (Å²) in [7, 11) is 0. The van der Waals surface area contributed by atoms with Gasteiger partial charge in [0.15, 0.2) is 23.2 Å². The minimum absolute atomic E-state index is 0.133. The smallest absolute Gasteiger partial charge is 0.249 e. The van der Waals surface area contributed by atoms with Gasteiger partial charge in [0.2, 0.25) is 5.91 Å². The summed E-state index contributed by atoms with van der Waals surface area (Å²) in [5, 5.41) is 2.74. The Balaban J connectivity index is 1.94.